The van der Waals surface area contributed by atoms with Gasteiger partial charge in [-0.25, -0.2) is 4.79 Å². The molecule has 0 bridgehead atoms. The van der Waals surface area contributed by atoms with Crippen molar-refractivity contribution in [3.05, 3.63) is 30.1 Å². The molecule has 4 heteroatoms. The van der Waals surface area contributed by atoms with Gasteiger partial charge in [0.15, 0.2) is 6.10 Å². The maximum absolute atomic E-state index is 11.1. The van der Waals surface area contributed by atoms with Crippen molar-refractivity contribution in [1.29, 1.82) is 0 Å². The van der Waals surface area contributed by atoms with Gasteiger partial charge in [-0.3, -0.25) is 4.98 Å². The minimum atomic E-state index is -1.21. The van der Waals surface area contributed by atoms with Crippen LogP contribution in [0.15, 0.2) is 24.5 Å². The van der Waals surface area contributed by atoms with Crippen LogP contribution in [0.25, 0.3) is 0 Å². The average Bonchev–Trinajstić information content (AvgIpc) is 2.18. The quantitative estimate of drug-likeness (QED) is 0.696. The summed E-state index contributed by atoms with van der Waals surface area (Å²) >= 11 is 0. The number of nitrogens with zero attached hydrogens (tertiary/aromatic N) is 1. The van der Waals surface area contributed by atoms with Crippen molar-refractivity contribution in [3.63, 3.8) is 0 Å². The van der Waals surface area contributed by atoms with E-state index in [-0.39, 0.29) is 6.61 Å². The van der Waals surface area contributed by atoms with E-state index in [1.807, 2.05) is 0 Å². The summed E-state index contributed by atoms with van der Waals surface area (Å²) in [5.41, 5.74) is 0.494. The number of pyridine rings is 1. The standard InChI is InChI=1S/C9H11NO3/c1-2-13-9(12)8(11)7-3-5-10-6-4-7/h3-6,8,11H,2H2,1H3. The van der Waals surface area contributed by atoms with Crippen molar-refractivity contribution in [1.82, 2.24) is 4.98 Å². The lowest BCUT2D eigenvalue weighted by molar-refractivity contribution is -0.153. The molecule has 0 spiro atoms. The normalized spacial score (nSPS) is 12.2. The maximum Gasteiger partial charge on any atom is 0.339 e. The first-order valence-corrected chi connectivity index (χ1v) is 4.00. The number of aromatic nitrogens is 1. The van der Waals surface area contributed by atoms with Crippen molar-refractivity contribution >= 4 is 5.97 Å². The summed E-state index contributed by atoms with van der Waals surface area (Å²) in [4.78, 5) is 14.8. The van der Waals surface area contributed by atoms with Gasteiger partial charge in [0, 0.05) is 12.4 Å². The van der Waals surface area contributed by atoms with Crippen molar-refractivity contribution in [2.24, 2.45) is 0 Å². The molecule has 1 aromatic heterocycles. The summed E-state index contributed by atoms with van der Waals surface area (Å²) in [7, 11) is 0. The molecule has 0 radical (unpaired) electrons. The lowest BCUT2D eigenvalue weighted by atomic mass is 10.1. The van der Waals surface area contributed by atoms with Gasteiger partial charge in [-0.2, -0.15) is 0 Å². The molecule has 0 aliphatic carbocycles. The Balaban J connectivity index is 2.68. The molecule has 0 saturated heterocycles. The third-order valence-electron chi connectivity index (χ3n) is 1.53. The van der Waals surface area contributed by atoms with Gasteiger partial charge in [0.2, 0.25) is 0 Å². The van der Waals surface area contributed by atoms with Crippen LogP contribution < -0.4 is 0 Å². The second-order valence-electron chi connectivity index (χ2n) is 2.44. The fraction of sp³-hybridized carbons (Fsp3) is 0.333. The third kappa shape index (κ3) is 2.52. The number of carbonyl (C=O) groups is 1. The van der Waals surface area contributed by atoms with Crippen LogP contribution in [0.3, 0.4) is 0 Å². The highest BCUT2D eigenvalue weighted by Crippen LogP contribution is 2.12. The van der Waals surface area contributed by atoms with E-state index in [1.54, 1.807) is 19.1 Å². The minimum Gasteiger partial charge on any atom is -0.464 e. The van der Waals surface area contributed by atoms with E-state index in [1.165, 1.54) is 12.4 Å². The summed E-state index contributed by atoms with van der Waals surface area (Å²) < 4.78 is 4.65. The molecule has 70 valence electrons. The highest BCUT2D eigenvalue weighted by molar-refractivity contribution is 5.76. The molecular weight excluding hydrogens is 170 g/mol. The fourth-order valence-electron chi connectivity index (χ4n) is 0.903. The van der Waals surface area contributed by atoms with E-state index < -0.39 is 12.1 Å². The van der Waals surface area contributed by atoms with Crippen LogP contribution in [-0.2, 0) is 9.53 Å². The van der Waals surface area contributed by atoms with E-state index in [0.29, 0.717) is 5.56 Å². The Morgan fingerprint density at radius 2 is 2.23 bits per heavy atom. The molecule has 0 amide bonds. The van der Waals surface area contributed by atoms with Gasteiger partial charge < -0.3 is 9.84 Å². The first-order valence-electron chi connectivity index (χ1n) is 4.00. The smallest absolute Gasteiger partial charge is 0.339 e. The molecule has 0 aliphatic rings. The lowest BCUT2D eigenvalue weighted by Gasteiger charge is -2.08. The molecule has 1 heterocycles. The molecule has 1 atom stereocenters. The Labute approximate surface area is 76.2 Å². The topological polar surface area (TPSA) is 59.4 Å². The van der Waals surface area contributed by atoms with Crippen molar-refractivity contribution < 1.29 is 14.6 Å². The lowest BCUT2D eigenvalue weighted by Crippen LogP contribution is -2.15. The number of ether oxygens (including phenoxy) is 1. The highest BCUT2D eigenvalue weighted by atomic mass is 16.5. The number of aliphatic hydroxyl groups is 1. The van der Waals surface area contributed by atoms with Crippen molar-refractivity contribution in [3.8, 4) is 0 Å². The first kappa shape index (κ1) is 9.67. The van der Waals surface area contributed by atoms with Gasteiger partial charge in [-0.1, -0.05) is 0 Å². The highest BCUT2D eigenvalue weighted by Gasteiger charge is 2.17. The van der Waals surface area contributed by atoms with Gasteiger partial charge in [0.1, 0.15) is 0 Å². The van der Waals surface area contributed by atoms with Crippen molar-refractivity contribution in [2.75, 3.05) is 6.61 Å². The van der Waals surface area contributed by atoms with Gasteiger partial charge in [0.05, 0.1) is 6.61 Å². The zero-order valence-electron chi connectivity index (χ0n) is 7.30. The zero-order chi connectivity index (χ0) is 9.68. The van der Waals surface area contributed by atoms with Crippen LogP contribution in [0.2, 0.25) is 0 Å². The zero-order valence-corrected chi connectivity index (χ0v) is 7.30. The molecule has 0 aromatic carbocycles. The van der Waals surface area contributed by atoms with Crippen LogP contribution in [0.1, 0.15) is 18.6 Å². The Bertz CT molecular complexity index is 273. The predicted molar refractivity (Wildman–Crippen MR) is 45.8 cm³/mol. The van der Waals surface area contributed by atoms with Gasteiger partial charge in [-0.05, 0) is 24.6 Å². The second-order valence-corrected chi connectivity index (χ2v) is 2.44. The molecule has 0 saturated carbocycles. The third-order valence-corrected chi connectivity index (χ3v) is 1.53. The van der Waals surface area contributed by atoms with Crippen molar-refractivity contribution in [2.45, 2.75) is 13.0 Å². The van der Waals surface area contributed by atoms with Gasteiger partial charge in [0.25, 0.3) is 0 Å². The number of hydrogen-bond acceptors (Lipinski definition) is 4. The summed E-state index contributed by atoms with van der Waals surface area (Å²) in [6, 6.07) is 3.14. The summed E-state index contributed by atoms with van der Waals surface area (Å²) in [5, 5.41) is 9.42. The van der Waals surface area contributed by atoms with E-state index in [9.17, 15) is 9.90 Å². The van der Waals surface area contributed by atoms with Gasteiger partial charge >= 0.3 is 5.97 Å². The molecule has 1 rings (SSSR count). The van der Waals surface area contributed by atoms with Crippen LogP contribution in [0.5, 0.6) is 0 Å². The Kier molecular flexibility index (Phi) is 3.40. The SMILES string of the molecule is CCOC(=O)C(O)c1ccncc1. The molecule has 13 heavy (non-hydrogen) atoms. The number of esters is 1. The average molecular weight is 181 g/mol. The number of carbonyl (C=O) groups excluding carboxylic acids is 1. The van der Waals surface area contributed by atoms with E-state index in [0.717, 1.165) is 0 Å². The summed E-state index contributed by atoms with van der Waals surface area (Å²) in [6.07, 6.45) is 1.82. The van der Waals surface area contributed by atoms with Crippen LogP contribution in [0.4, 0.5) is 0 Å². The Morgan fingerprint density at radius 3 is 2.77 bits per heavy atom. The molecule has 1 unspecified atom stereocenters. The number of hydrogen-bond donors (Lipinski definition) is 1. The van der Waals surface area contributed by atoms with E-state index >= 15 is 0 Å². The second kappa shape index (κ2) is 4.57. The minimum absolute atomic E-state index is 0.265. The van der Waals surface area contributed by atoms with Crippen LogP contribution in [0, 0.1) is 0 Å². The Morgan fingerprint density at radius 1 is 1.62 bits per heavy atom. The Hall–Kier alpha value is -1.42. The van der Waals surface area contributed by atoms with E-state index in [2.05, 4.69) is 9.72 Å². The summed E-state index contributed by atoms with van der Waals surface area (Å²) in [6.45, 7) is 1.96. The molecule has 0 aliphatic heterocycles. The molecule has 4 nitrogen and oxygen atoms in total. The molecule has 1 aromatic rings. The summed E-state index contributed by atoms with van der Waals surface area (Å²) in [5.74, 6) is -0.631. The molecular formula is C9H11NO3. The predicted octanol–water partition coefficient (Wildman–Crippen LogP) is 0.678. The largest absolute Gasteiger partial charge is 0.464 e. The maximum atomic E-state index is 11.1. The van der Waals surface area contributed by atoms with E-state index in [4.69, 9.17) is 0 Å². The van der Waals surface area contributed by atoms with Crippen LogP contribution >= 0.6 is 0 Å². The van der Waals surface area contributed by atoms with Gasteiger partial charge in [-0.15, -0.1) is 0 Å². The monoisotopic (exact) mass is 181 g/mol. The first-order chi connectivity index (χ1) is 6.25. The molecule has 0 fully saturated rings. The van der Waals surface area contributed by atoms with Crippen LogP contribution in [-0.4, -0.2) is 22.7 Å². The molecule has 1 N–H and O–H groups in total. The fourth-order valence-corrected chi connectivity index (χ4v) is 0.903. The number of aliphatic hydroxyl groups excluding tert-OH is 1. The number of rotatable bonds is 3.